The van der Waals surface area contributed by atoms with E-state index in [1.807, 2.05) is 12.1 Å². The van der Waals surface area contributed by atoms with Gasteiger partial charge in [0.2, 0.25) is 6.41 Å². The summed E-state index contributed by atoms with van der Waals surface area (Å²) in [5, 5.41) is 3.36. The Hall–Kier alpha value is -2.44. The minimum absolute atomic E-state index is 0.420. The Morgan fingerprint density at radius 1 is 1.12 bits per heavy atom. The van der Waals surface area contributed by atoms with Crippen LogP contribution in [0.15, 0.2) is 36.5 Å². The molecular weight excluding hydrogens is 414 g/mol. The standard InChI is InChI=1S/C18H19N3O2.C9H18O/c22-12-21-11-15-2-1-7-19-18(15)20-16-4-3-14(10-17(16)21)13-5-8-23-9-6-13;1-8(2)10-9-6-4-3-5-7-9/h1-4,7,10,12-13H,5-6,8-9,11H2,(H,19,20);8-9H,3-7H2,1-2H3. The number of ether oxygens (including phenoxy) is 2. The Balaban J connectivity index is 0.000000219. The summed E-state index contributed by atoms with van der Waals surface area (Å²) in [6.45, 7) is 6.40. The lowest BCUT2D eigenvalue weighted by Gasteiger charge is -2.25. The lowest BCUT2D eigenvalue weighted by molar-refractivity contribution is -0.107. The first-order chi connectivity index (χ1) is 16.1. The first kappa shape index (κ1) is 23.7. The molecule has 1 saturated heterocycles. The molecule has 1 aliphatic carbocycles. The van der Waals surface area contributed by atoms with Crippen molar-refractivity contribution in [3.63, 3.8) is 0 Å². The molecule has 2 aliphatic heterocycles. The number of nitrogens with one attached hydrogen (secondary N) is 1. The Morgan fingerprint density at radius 3 is 2.64 bits per heavy atom. The van der Waals surface area contributed by atoms with Crippen LogP contribution in [0.3, 0.4) is 0 Å². The molecule has 2 fully saturated rings. The zero-order valence-corrected chi connectivity index (χ0v) is 20.0. The van der Waals surface area contributed by atoms with Gasteiger partial charge in [-0.3, -0.25) is 4.79 Å². The highest BCUT2D eigenvalue weighted by molar-refractivity contribution is 5.87. The Labute approximate surface area is 197 Å². The van der Waals surface area contributed by atoms with E-state index in [1.165, 1.54) is 37.7 Å². The second-order valence-electron chi connectivity index (χ2n) is 9.48. The molecule has 3 aliphatic rings. The molecule has 0 spiro atoms. The second-order valence-corrected chi connectivity index (χ2v) is 9.48. The summed E-state index contributed by atoms with van der Waals surface area (Å²) in [4.78, 5) is 17.8. The summed E-state index contributed by atoms with van der Waals surface area (Å²) in [7, 11) is 0. The van der Waals surface area contributed by atoms with E-state index in [1.54, 1.807) is 11.1 Å². The van der Waals surface area contributed by atoms with E-state index < -0.39 is 0 Å². The molecule has 178 valence electrons. The van der Waals surface area contributed by atoms with E-state index >= 15 is 0 Å². The van der Waals surface area contributed by atoms with E-state index in [2.05, 4.69) is 42.3 Å². The summed E-state index contributed by atoms with van der Waals surface area (Å²) < 4.78 is 11.1. The third kappa shape index (κ3) is 6.33. The van der Waals surface area contributed by atoms with E-state index in [0.717, 1.165) is 55.2 Å². The summed E-state index contributed by atoms with van der Waals surface area (Å²) in [6.07, 6.45) is 12.5. The molecule has 1 aromatic carbocycles. The van der Waals surface area contributed by atoms with Gasteiger partial charge in [-0.15, -0.1) is 0 Å². The number of nitrogens with zero attached hydrogens (tertiary/aromatic N) is 2. The minimum Gasteiger partial charge on any atom is -0.381 e. The van der Waals surface area contributed by atoms with Crippen LogP contribution in [-0.4, -0.2) is 36.8 Å². The van der Waals surface area contributed by atoms with Gasteiger partial charge in [-0.2, -0.15) is 0 Å². The zero-order valence-electron chi connectivity index (χ0n) is 20.0. The third-order valence-electron chi connectivity index (χ3n) is 6.65. The first-order valence-electron chi connectivity index (χ1n) is 12.4. The quantitative estimate of drug-likeness (QED) is 0.583. The van der Waals surface area contributed by atoms with Crippen molar-refractivity contribution in [3.8, 4) is 0 Å². The molecule has 3 heterocycles. The SMILES string of the molecule is CC(C)OC1CCCCC1.O=CN1Cc2cccnc2Nc2ccc(C3CCOCC3)cc21. The van der Waals surface area contributed by atoms with Gasteiger partial charge in [-0.1, -0.05) is 31.4 Å². The smallest absolute Gasteiger partial charge is 0.214 e. The summed E-state index contributed by atoms with van der Waals surface area (Å²) >= 11 is 0. The van der Waals surface area contributed by atoms with Gasteiger partial charge >= 0.3 is 0 Å². The summed E-state index contributed by atoms with van der Waals surface area (Å²) in [5.74, 6) is 1.32. The third-order valence-corrected chi connectivity index (χ3v) is 6.65. The van der Waals surface area contributed by atoms with Crippen LogP contribution < -0.4 is 10.2 Å². The maximum absolute atomic E-state index is 11.6. The first-order valence-corrected chi connectivity index (χ1v) is 12.4. The molecule has 0 unspecified atom stereocenters. The molecule has 0 bridgehead atoms. The average Bonchev–Trinajstić information content (AvgIpc) is 3.01. The topological polar surface area (TPSA) is 63.7 Å². The summed E-state index contributed by atoms with van der Waals surface area (Å²) in [5.41, 5.74) is 4.13. The molecule has 0 atom stereocenters. The number of benzene rings is 1. The van der Waals surface area contributed by atoms with Gasteiger partial charge in [0, 0.05) is 25.0 Å². The van der Waals surface area contributed by atoms with Crippen LogP contribution in [0.25, 0.3) is 0 Å². The van der Waals surface area contributed by atoms with Gasteiger partial charge in [-0.05, 0) is 69.2 Å². The van der Waals surface area contributed by atoms with Crippen molar-refractivity contribution in [1.29, 1.82) is 0 Å². The van der Waals surface area contributed by atoms with Crippen LogP contribution in [0.1, 0.15) is 75.8 Å². The Bertz CT molecular complexity index is 905. The largest absolute Gasteiger partial charge is 0.381 e. The highest BCUT2D eigenvalue weighted by Gasteiger charge is 2.22. The van der Waals surface area contributed by atoms with Gasteiger partial charge in [-0.25, -0.2) is 4.98 Å². The number of pyridine rings is 1. The van der Waals surface area contributed by atoms with Crippen molar-refractivity contribution in [3.05, 3.63) is 47.7 Å². The second kappa shape index (κ2) is 11.6. The van der Waals surface area contributed by atoms with Crippen molar-refractivity contribution >= 4 is 23.6 Å². The number of aromatic nitrogens is 1. The molecule has 33 heavy (non-hydrogen) atoms. The Kier molecular flexibility index (Phi) is 8.35. The number of carbonyl (C=O) groups is 1. The normalized spacial score (nSPS) is 18.9. The lowest BCUT2D eigenvalue weighted by atomic mass is 9.91. The highest BCUT2D eigenvalue weighted by Crippen LogP contribution is 2.38. The predicted octanol–water partition coefficient (Wildman–Crippen LogP) is 5.94. The number of anilines is 3. The molecular formula is C27H37N3O3. The molecule has 1 saturated carbocycles. The number of hydrogen-bond acceptors (Lipinski definition) is 5. The molecule has 6 nitrogen and oxygen atoms in total. The number of carbonyl (C=O) groups excluding carboxylic acids is 1. The molecule has 1 aromatic heterocycles. The maximum Gasteiger partial charge on any atom is 0.214 e. The fourth-order valence-electron chi connectivity index (χ4n) is 4.93. The monoisotopic (exact) mass is 451 g/mol. The van der Waals surface area contributed by atoms with Crippen molar-refractivity contribution in [1.82, 2.24) is 4.98 Å². The van der Waals surface area contributed by atoms with E-state index in [9.17, 15) is 4.79 Å². The lowest BCUT2D eigenvalue weighted by Crippen LogP contribution is -2.20. The van der Waals surface area contributed by atoms with Crippen LogP contribution in [-0.2, 0) is 20.8 Å². The molecule has 2 aromatic rings. The predicted molar refractivity (Wildman–Crippen MR) is 132 cm³/mol. The van der Waals surface area contributed by atoms with E-state index in [4.69, 9.17) is 9.47 Å². The van der Waals surface area contributed by atoms with Gasteiger partial charge in [0.15, 0.2) is 0 Å². The number of fused-ring (bicyclic) bond motifs is 2. The van der Waals surface area contributed by atoms with E-state index in [0.29, 0.717) is 24.7 Å². The van der Waals surface area contributed by atoms with Crippen molar-refractivity contribution in [2.45, 2.75) is 83.5 Å². The van der Waals surface area contributed by atoms with E-state index in [-0.39, 0.29) is 0 Å². The van der Waals surface area contributed by atoms with Gasteiger partial charge in [0.25, 0.3) is 0 Å². The van der Waals surface area contributed by atoms with Gasteiger partial charge < -0.3 is 19.7 Å². The van der Waals surface area contributed by atoms with Gasteiger partial charge in [0.1, 0.15) is 5.82 Å². The maximum atomic E-state index is 11.6. The molecule has 1 N–H and O–H groups in total. The zero-order chi connectivity index (χ0) is 23.0. The van der Waals surface area contributed by atoms with Crippen LogP contribution in [0.4, 0.5) is 17.2 Å². The highest BCUT2D eigenvalue weighted by atomic mass is 16.5. The molecule has 0 radical (unpaired) electrons. The minimum atomic E-state index is 0.420. The summed E-state index contributed by atoms with van der Waals surface area (Å²) in [6, 6.07) is 10.2. The van der Waals surface area contributed by atoms with Gasteiger partial charge in [0.05, 0.1) is 30.1 Å². The van der Waals surface area contributed by atoms with Crippen molar-refractivity contribution < 1.29 is 14.3 Å². The molecule has 5 rings (SSSR count). The number of hydrogen-bond donors (Lipinski definition) is 1. The van der Waals surface area contributed by atoms with Crippen LogP contribution in [0, 0.1) is 0 Å². The fourth-order valence-corrected chi connectivity index (χ4v) is 4.93. The van der Waals surface area contributed by atoms with Crippen LogP contribution >= 0.6 is 0 Å². The number of amides is 1. The molecule has 6 heteroatoms. The van der Waals surface area contributed by atoms with Crippen molar-refractivity contribution in [2.75, 3.05) is 23.4 Å². The van der Waals surface area contributed by atoms with Crippen LogP contribution in [0.5, 0.6) is 0 Å². The molecule has 1 amide bonds. The average molecular weight is 452 g/mol. The van der Waals surface area contributed by atoms with Crippen LogP contribution in [0.2, 0.25) is 0 Å². The number of rotatable bonds is 4. The Morgan fingerprint density at radius 2 is 1.91 bits per heavy atom. The fraction of sp³-hybridized carbons (Fsp3) is 0.556. The van der Waals surface area contributed by atoms with Crippen molar-refractivity contribution in [2.24, 2.45) is 0 Å².